The van der Waals surface area contributed by atoms with Crippen molar-refractivity contribution in [2.45, 2.75) is 0 Å². The summed E-state index contributed by atoms with van der Waals surface area (Å²) in [6.45, 7) is 4.50. The van der Waals surface area contributed by atoms with Crippen LogP contribution in [-0.4, -0.2) is 6.79 Å². The third kappa shape index (κ3) is 3600. The Morgan fingerprint density at radius 1 is 0.667 bits per heavy atom. The van der Waals surface area contributed by atoms with Gasteiger partial charge < -0.3 is 0 Å². The van der Waals surface area contributed by atoms with Crippen LogP contribution in [0.15, 0.2) is 0 Å². The van der Waals surface area contributed by atoms with Crippen molar-refractivity contribution >= 4 is 6.79 Å². The quantitative estimate of drug-likeness (QED) is 0.404. The summed E-state index contributed by atoms with van der Waals surface area (Å²) in [6.07, 6.45) is 0. The molecule has 0 fully saturated rings. The van der Waals surface area contributed by atoms with Crippen LogP contribution in [0.2, 0.25) is 0 Å². The number of hydrogen-bond donors (Lipinski definition) is 0. The molecule has 0 atom stereocenters. The van der Waals surface area contributed by atoms with Crippen LogP contribution in [0.5, 0.6) is 0 Å². The molecule has 0 aliphatic rings. The summed E-state index contributed by atoms with van der Waals surface area (Å²) in [5.41, 5.74) is 0. The average molecular weight is 266 g/mol. The molecule has 12 heavy (non-hydrogen) atoms. The van der Waals surface area contributed by atoms with Crippen LogP contribution in [-0.2, 0) is 53.7 Å². The van der Waals surface area contributed by atoms with Crippen molar-refractivity contribution in [2.24, 2.45) is 0 Å². The van der Waals surface area contributed by atoms with Crippen LogP contribution in [0.1, 0.15) is 0 Å². The molecule has 0 unspecified atom stereocenters. The molecule has 0 N–H and O–H groups in total. The molecule has 0 aromatic carbocycles. The Morgan fingerprint density at radius 3 is 0.667 bits per heavy atom. The molecule has 0 heterocycles. The molecule has 9 nitrogen and oxygen atoms in total. The summed E-state index contributed by atoms with van der Waals surface area (Å²) >= 11 is -11.2. The van der Waals surface area contributed by atoms with Gasteiger partial charge in [0.2, 0.25) is 0 Å². The Kier molecular flexibility index (Phi) is 10.6. The van der Waals surface area contributed by atoms with Crippen molar-refractivity contribution in [2.75, 3.05) is 0 Å². The van der Waals surface area contributed by atoms with Gasteiger partial charge in [0.15, 0.2) is 0 Å². The molecular weight excluding hydrogens is 266 g/mol. The minimum absolute atomic E-state index is 4.50. The summed E-state index contributed by atoms with van der Waals surface area (Å²) in [4.78, 5) is 7.50. The van der Waals surface area contributed by atoms with E-state index in [0.717, 1.165) is 0 Å². The minimum atomic E-state index is -5.62. The fourth-order valence-electron chi connectivity index (χ4n) is 0. The summed E-state index contributed by atoms with van der Waals surface area (Å²) in [5, 5.41) is 0. The topological polar surface area (TPSA) is 166 Å². The molecule has 0 aliphatic carbocycles. The predicted octanol–water partition coefficient (Wildman–Crippen LogP) is -3.49. The Labute approximate surface area is 69.3 Å². The van der Waals surface area contributed by atoms with Gasteiger partial charge in [0, 0.05) is 0 Å². The standard InChI is InChI=1S/CO.2Mn.8O/c1-2;;;;;;;;;;/q+2;;;;;;;;;2*-1. The van der Waals surface area contributed by atoms with E-state index in [-0.39, 0.29) is 0 Å². The second-order valence-electron chi connectivity index (χ2n) is 0.756. The van der Waals surface area contributed by atoms with E-state index in [1.807, 2.05) is 0 Å². The molecule has 0 aromatic rings. The normalized spacial score (nSPS) is 10.0. The van der Waals surface area contributed by atoms with Crippen LogP contribution < -0.4 is 8.38 Å². The van der Waals surface area contributed by atoms with Crippen molar-refractivity contribution in [3.8, 4) is 0 Å². The van der Waals surface area contributed by atoms with E-state index in [1.165, 1.54) is 0 Å². The summed E-state index contributed by atoms with van der Waals surface area (Å²) in [7, 11) is 0. The molecule has 0 saturated heterocycles. The molecule has 0 amide bonds. The van der Waals surface area contributed by atoms with Crippen LogP contribution in [0, 0.1) is 0 Å². The fourth-order valence-corrected chi connectivity index (χ4v) is 0. The van der Waals surface area contributed by atoms with E-state index in [2.05, 4.69) is 6.79 Å². The first kappa shape index (κ1) is 17.6. The van der Waals surface area contributed by atoms with Crippen LogP contribution in [0.3, 0.4) is 0 Å². The molecule has 72 valence electrons. The van der Waals surface area contributed by atoms with Gasteiger partial charge in [0.25, 0.3) is 0 Å². The average Bonchev–Trinajstić information content (AvgIpc) is 1.59. The molecule has 0 spiro atoms. The van der Waals surface area contributed by atoms with Crippen molar-refractivity contribution < 1.29 is 62.1 Å². The summed E-state index contributed by atoms with van der Waals surface area (Å²) < 4.78 is 68.6. The van der Waals surface area contributed by atoms with Gasteiger partial charge in [-0.1, -0.05) is 0 Å². The van der Waals surface area contributed by atoms with E-state index in [0.29, 0.717) is 0 Å². The molecule has 0 bridgehead atoms. The fraction of sp³-hybridized carbons (Fsp3) is 0. The molecule has 11 heteroatoms. The Balaban J connectivity index is -0.000000112. The monoisotopic (exact) mass is 266 g/mol. The van der Waals surface area contributed by atoms with Crippen molar-refractivity contribution in [3.63, 3.8) is 0 Å². The first-order chi connectivity index (χ1) is 5.00. The Bertz CT molecular complexity index is 311. The third-order valence-electron chi connectivity index (χ3n) is 0. The van der Waals surface area contributed by atoms with Gasteiger partial charge in [-0.3, -0.25) is 0 Å². The second kappa shape index (κ2) is 7.22. The molecule has 0 radical (unpaired) electrons. The van der Waals surface area contributed by atoms with Gasteiger partial charge >= 0.3 is 68.9 Å². The van der Waals surface area contributed by atoms with Gasteiger partial charge in [0.1, 0.15) is 0 Å². The van der Waals surface area contributed by atoms with Crippen LogP contribution in [0.25, 0.3) is 0 Å². The molecule has 0 aromatic heterocycles. The SMILES string of the molecule is [C+2]=O.[O]=[Mn](=[O])(=[O])[O-].[O]=[Mn](=[O])(=[O])[O-]. The van der Waals surface area contributed by atoms with E-state index in [9.17, 15) is 0 Å². The van der Waals surface area contributed by atoms with E-state index in [1.54, 1.807) is 0 Å². The predicted molar refractivity (Wildman–Crippen MR) is 9.81 cm³/mol. The number of carbonyl (C=O) groups excluding carboxylic acids is 1. The van der Waals surface area contributed by atoms with Crippen molar-refractivity contribution in [1.82, 2.24) is 0 Å². The van der Waals surface area contributed by atoms with Crippen LogP contribution in [0.4, 0.5) is 0 Å². The maximum atomic E-state index is 8.58. The Morgan fingerprint density at radius 2 is 0.667 bits per heavy atom. The first-order valence-electron chi connectivity index (χ1n) is 1.44. The van der Waals surface area contributed by atoms with Gasteiger partial charge in [-0.15, -0.1) is 0 Å². The number of rotatable bonds is 0. The zero-order valence-electron chi connectivity index (χ0n) is 4.93. The summed E-state index contributed by atoms with van der Waals surface area (Å²) in [5.74, 6) is 0. The van der Waals surface area contributed by atoms with Gasteiger partial charge in [-0.25, -0.2) is 0 Å². The van der Waals surface area contributed by atoms with Crippen molar-refractivity contribution in [3.05, 3.63) is 0 Å². The number of hydrogen-bond acceptors (Lipinski definition) is 9. The zero-order chi connectivity index (χ0) is 11.0. The van der Waals surface area contributed by atoms with E-state index >= 15 is 0 Å². The van der Waals surface area contributed by atoms with E-state index in [4.69, 9.17) is 36.2 Å². The Hall–Kier alpha value is -0.441. The maximum absolute atomic E-state index is 8.58. The molecule has 0 rings (SSSR count). The zero-order valence-corrected chi connectivity index (χ0v) is 7.29. The van der Waals surface area contributed by atoms with Crippen molar-refractivity contribution in [1.29, 1.82) is 0 Å². The second-order valence-corrected chi connectivity index (χ2v) is 3.12. The third-order valence-corrected chi connectivity index (χ3v) is 0. The molecule has 0 saturated carbocycles. The molecular formula is CMn2O9. The first-order valence-corrected chi connectivity index (χ1v) is 5.29. The van der Waals surface area contributed by atoms with Crippen LogP contribution >= 0.6 is 0 Å². The van der Waals surface area contributed by atoms with Gasteiger partial charge in [0.05, 0.1) is 0 Å². The van der Waals surface area contributed by atoms with E-state index < -0.39 is 25.9 Å². The molecule has 0 aliphatic heterocycles. The summed E-state index contributed by atoms with van der Waals surface area (Å²) in [6, 6.07) is 0. The van der Waals surface area contributed by atoms with Gasteiger partial charge in [-0.2, -0.15) is 0 Å². The van der Waals surface area contributed by atoms with Gasteiger partial charge in [-0.05, 0) is 0 Å².